The van der Waals surface area contributed by atoms with Crippen molar-refractivity contribution in [3.63, 3.8) is 0 Å². The minimum atomic E-state index is -3.28. The highest BCUT2D eigenvalue weighted by molar-refractivity contribution is 7.90. The van der Waals surface area contributed by atoms with Gasteiger partial charge in [-0.1, -0.05) is 12.1 Å². The van der Waals surface area contributed by atoms with Crippen LogP contribution in [-0.2, 0) is 14.6 Å². The summed E-state index contributed by atoms with van der Waals surface area (Å²) in [5.41, 5.74) is -0.120. The van der Waals surface area contributed by atoms with Gasteiger partial charge in [0, 0.05) is 12.2 Å². The third-order valence-electron chi connectivity index (χ3n) is 4.15. The maximum absolute atomic E-state index is 11.7. The fourth-order valence-electron chi connectivity index (χ4n) is 3.26. The molecule has 2 unspecified atom stereocenters. The van der Waals surface area contributed by atoms with Gasteiger partial charge in [-0.3, -0.25) is 0 Å². The van der Waals surface area contributed by atoms with Crippen molar-refractivity contribution >= 4 is 9.84 Å². The summed E-state index contributed by atoms with van der Waals surface area (Å²) in [6, 6.07) is 6.54. The van der Waals surface area contributed by atoms with Gasteiger partial charge in [0.2, 0.25) is 0 Å². The van der Waals surface area contributed by atoms with E-state index in [2.05, 4.69) is 0 Å². The van der Waals surface area contributed by atoms with E-state index in [4.69, 9.17) is 4.74 Å². The summed E-state index contributed by atoms with van der Waals surface area (Å²) in [6.07, 6.45) is 1.15. The first-order chi connectivity index (χ1) is 9.42. The maximum atomic E-state index is 11.7. The molecule has 1 saturated heterocycles. The molecule has 5 heteroatoms. The number of hydrogen-bond acceptors (Lipinski definition) is 4. The van der Waals surface area contributed by atoms with E-state index >= 15 is 0 Å². The largest absolute Gasteiger partial charge is 0.388 e. The molecule has 1 aliphatic rings. The molecule has 1 aliphatic heterocycles. The van der Waals surface area contributed by atoms with Crippen LogP contribution in [0.15, 0.2) is 29.2 Å². The molecule has 0 saturated carbocycles. The number of ether oxygens (including phenoxy) is 1. The van der Waals surface area contributed by atoms with E-state index in [0.717, 1.165) is 6.42 Å². The predicted octanol–water partition coefficient (Wildman–Crippen LogP) is 2.72. The second-order valence-electron chi connectivity index (χ2n) is 7.07. The number of aliphatic hydroxyl groups excluding tert-OH is 1. The standard InChI is InChI=1S/C16H24O4S/c1-15(2)10-13(16(3,4)20-15)14(17)11-7-6-8-12(9-11)21(5,18)19/h6-9,13-14,17H,10H2,1-5H3. The number of sulfone groups is 1. The van der Waals surface area contributed by atoms with Crippen LogP contribution in [0.1, 0.15) is 45.8 Å². The molecular weight excluding hydrogens is 288 g/mol. The van der Waals surface area contributed by atoms with Crippen LogP contribution in [0, 0.1) is 5.92 Å². The molecule has 1 aromatic rings. The predicted molar refractivity (Wildman–Crippen MR) is 81.9 cm³/mol. The Bertz CT molecular complexity index is 631. The SMILES string of the molecule is CC1(C)CC(C(O)c2cccc(S(C)(=O)=O)c2)C(C)(C)O1. The molecule has 21 heavy (non-hydrogen) atoms. The number of benzene rings is 1. The van der Waals surface area contributed by atoms with Crippen LogP contribution in [0.3, 0.4) is 0 Å². The van der Waals surface area contributed by atoms with Crippen molar-refractivity contribution in [1.82, 2.24) is 0 Å². The van der Waals surface area contributed by atoms with Gasteiger partial charge in [-0.25, -0.2) is 8.42 Å². The summed E-state index contributed by atoms with van der Waals surface area (Å²) in [6.45, 7) is 7.95. The summed E-state index contributed by atoms with van der Waals surface area (Å²) < 4.78 is 29.3. The van der Waals surface area contributed by atoms with Crippen molar-refractivity contribution in [2.75, 3.05) is 6.26 Å². The second-order valence-corrected chi connectivity index (χ2v) is 9.08. The Labute approximate surface area is 127 Å². The van der Waals surface area contributed by atoms with Crippen molar-refractivity contribution in [3.05, 3.63) is 29.8 Å². The zero-order valence-electron chi connectivity index (χ0n) is 13.3. The Balaban J connectivity index is 2.35. The fourth-order valence-corrected chi connectivity index (χ4v) is 3.93. The maximum Gasteiger partial charge on any atom is 0.175 e. The van der Waals surface area contributed by atoms with Crippen LogP contribution in [-0.4, -0.2) is 31.0 Å². The molecule has 1 fully saturated rings. The van der Waals surface area contributed by atoms with Crippen molar-refractivity contribution in [2.45, 2.75) is 56.3 Å². The van der Waals surface area contributed by atoms with Gasteiger partial charge >= 0.3 is 0 Å². The molecule has 2 atom stereocenters. The highest BCUT2D eigenvalue weighted by atomic mass is 32.2. The zero-order chi connectivity index (χ0) is 16.1. The van der Waals surface area contributed by atoms with Crippen LogP contribution in [0.25, 0.3) is 0 Å². The van der Waals surface area contributed by atoms with E-state index in [9.17, 15) is 13.5 Å². The van der Waals surface area contributed by atoms with E-state index in [1.54, 1.807) is 24.3 Å². The van der Waals surface area contributed by atoms with Gasteiger partial charge in [0.1, 0.15) is 0 Å². The molecule has 0 spiro atoms. The highest BCUT2D eigenvalue weighted by Gasteiger charge is 2.49. The van der Waals surface area contributed by atoms with Gasteiger partial charge < -0.3 is 9.84 Å². The Hall–Kier alpha value is -0.910. The van der Waals surface area contributed by atoms with Crippen molar-refractivity contribution in [2.24, 2.45) is 5.92 Å². The molecule has 0 aromatic heterocycles. The van der Waals surface area contributed by atoms with Crippen molar-refractivity contribution in [3.8, 4) is 0 Å². The minimum Gasteiger partial charge on any atom is -0.388 e. The van der Waals surface area contributed by atoms with E-state index < -0.39 is 21.5 Å². The highest BCUT2D eigenvalue weighted by Crippen LogP contribution is 2.47. The molecule has 2 rings (SSSR count). The van der Waals surface area contributed by atoms with Gasteiger partial charge in [-0.05, 0) is 51.8 Å². The van der Waals surface area contributed by atoms with Gasteiger partial charge in [-0.2, -0.15) is 0 Å². The quantitative estimate of drug-likeness (QED) is 0.932. The summed E-state index contributed by atoms with van der Waals surface area (Å²) in [4.78, 5) is 0.232. The van der Waals surface area contributed by atoms with Crippen molar-refractivity contribution < 1.29 is 18.3 Å². The van der Waals surface area contributed by atoms with Gasteiger partial charge in [0.15, 0.2) is 9.84 Å². The molecule has 1 aromatic carbocycles. The molecule has 0 amide bonds. The van der Waals surface area contributed by atoms with E-state index in [1.165, 1.54) is 6.26 Å². The average molecular weight is 312 g/mol. The van der Waals surface area contributed by atoms with Gasteiger partial charge in [0.05, 0.1) is 22.2 Å². The van der Waals surface area contributed by atoms with Gasteiger partial charge in [-0.15, -0.1) is 0 Å². The second kappa shape index (κ2) is 5.07. The molecule has 0 bridgehead atoms. The lowest BCUT2D eigenvalue weighted by molar-refractivity contribution is -0.0880. The number of rotatable bonds is 3. The first-order valence-corrected chi connectivity index (χ1v) is 9.00. The monoisotopic (exact) mass is 312 g/mol. The Morgan fingerprint density at radius 1 is 1.29 bits per heavy atom. The van der Waals surface area contributed by atoms with Crippen LogP contribution in [0.2, 0.25) is 0 Å². The van der Waals surface area contributed by atoms with Crippen molar-refractivity contribution in [1.29, 1.82) is 0 Å². The van der Waals surface area contributed by atoms with Crippen LogP contribution in [0.4, 0.5) is 0 Å². The van der Waals surface area contributed by atoms with Gasteiger partial charge in [0.25, 0.3) is 0 Å². The lowest BCUT2D eigenvalue weighted by Crippen LogP contribution is -2.32. The Kier molecular flexibility index (Phi) is 3.98. The van der Waals surface area contributed by atoms with E-state index in [1.807, 2.05) is 27.7 Å². The Morgan fingerprint density at radius 3 is 2.38 bits per heavy atom. The van der Waals surface area contributed by atoms with Crippen LogP contribution in [0.5, 0.6) is 0 Å². The summed E-state index contributed by atoms with van der Waals surface area (Å²) in [7, 11) is -3.28. The average Bonchev–Trinajstić information content (AvgIpc) is 2.55. The smallest absolute Gasteiger partial charge is 0.175 e. The Morgan fingerprint density at radius 2 is 1.90 bits per heavy atom. The molecule has 0 aliphatic carbocycles. The number of aliphatic hydroxyl groups is 1. The molecule has 0 radical (unpaired) electrons. The minimum absolute atomic E-state index is 0.0812. The first kappa shape index (κ1) is 16.5. The third-order valence-corrected chi connectivity index (χ3v) is 5.26. The lowest BCUT2D eigenvalue weighted by atomic mass is 9.80. The third kappa shape index (κ3) is 3.47. The molecule has 4 nitrogen and oxygen atoms in total. The van der Waals surface area contributed by atoms with E-state index in [-0.39, 0.29) is 16.4 Å². The molecule has 118 valence electrons. The van der Waals surface area contributed by atoms with Crippen LogP contribution < -0.4 is 0 Å². The topological polar surface area (TPSA) is 63.6 Å². The zero-order valence-corrected chi connectivity index (χ0v) is 14.1. The fraction of sp³-hybridized carbons (Fsp3) is 0.625. The van der Waals surface area contributed by atoms with Crippen LogP contribution >= 0.6 is 0 Å². The molecule has 1 heterocycles. The summed E-state index contributed by atoms with van der Waals surface area (Å²) >= 11 is 0. The lowest BCUT2D eigenvalue weighted by Gasteiger charge is -2.30. The molecule has 1 N–H and O–H groups in total. The number of hydrogen-bond donors (Lipinski definition) is 1. The normalized spacial score (nSPS) is 25.7. The van der Waals surface area contributed by atoms with E-state index in [0.29, 0.717) is 5.56 Å². The summed E-state index contributed by atoms with van der Waals surface area (Å²) in [5, 5.41) is 10.7. The first-order valence-electron chi connectivity index (χ1n) is 7.11. The molecular formula is C16H24O4S. The summed E-state index contributed by atoms with van der Waals surface area (Å²) in [5.74, 6) is -0.0812.